The average Bonchev–Trinajstić information content (AvgIpc) is 2.94. The second-order valence-corrected chi connectivity index (χ2v) is 5.86. The van der Waals surface area contributed by atoms with E-state index in [0.717, 1.165) is 31.7 Å². The van der Waals surface area contributed by atoms with Crippen LogP contribution in [0.2, 0.25) is 0 Å². The molecule has 0 N–H and O–H groups in total. The van der Waals surface area contributed by atoms with Crippen molar-refractivity contribution < 1.29 is 0 Å². The van der Waals surface area contributed by atoms with E-state index in [9.17, 15) is 0 Å². The summed E-state index contributed by atoms with van der Waals surface area (Å²) in [6.45, 7) is 7.21. The Hall–Kier alpha value is -1.69. The zero-order valence-electron chi connectivity index (χ0n) is 12.7. The van der Waals surface area contributed by atoms with Gasteiger partial charge in [0, 0.05) is 51.8 Å². The lowest BCUT2D eigenvalue weighted by atomic mass is 10.1. The molecule has 0 aromatic carbocycles. The Bertz CT molecular complexity index is 609. The zero-order chi connectivity index (χ0) is 14.3. The van der Waals surface area contributed by atoms with Gasteiger partial charge in [-0.25, -0.2) is 4.98 Å². The van der Waals surface area contributed by atoms with Gasteiger partial charge in [0.2, 0.25) is 0 Å². The molecular weight excluding hydrogens is 252 g/mol. The van der Waals surface area contributed by atoms with Crippen LogP contribution in [0.5, 0.6) is 0 Å². The molecule has 6 heteroatoms. The van der Waals surface area contributed by atoms with Crippen molar-refractivity contribution >= 4 is 0 Å². The van der Waals surface area contributed by atoms with E-state index >= 15 is 0 Å². The van der Waals surface area contributed by atoms with Gasteiger partial charge in [-0.1, -0.05) is 13.8 Å². The number of rotatable bonds is 3. The quantitative estimate of drug-likeness (QED) is 0.845. The van der Waals surface area contributed by atoms with E-state index in [1.807, 2.05) is 13.2 Å². The Kier molecular flexibility index (Phi) is 3.33. The number of hydrogen-bond acceptors (Lipinski definition) is 4. The number of hydrogen-bond donors (Lipinski definition) is 0. The maximum absolute atomic E-state index is 4.83. The third-order valence-electron chi connectivity index (χ3n) is 3.92. The van der Waals surface area contributed by atoms with E-state index in [0.29, 0.717) is 5.92 Å². The normalized spacial score (nSPS) is 15.8. The van der Waals surface area contributed by atoms with Gasteiger partial charge in [0.1, 0.15) is 5.82 Å². The minimum Gasteiger partial charge on any atom is -0.335 e. The third kappa shape index (κ3) is 2.35. The van der Waals surface area contributed by atoms with Crippen molar-refractivity contribution in [2.24, 2.45) is 14.1 Å². The zero-order valence-corrected chi connectivity index (χ0v) is 12.7. The molecule has 3 rings (SSSR count). The molecule has 0 saturated heterocycles. The Balaban J connectivity index is 1.76. The molecule has 0 radical (unpaired) electrons. The summed E-state index contributed by atoms with van der Waals surface area (Å²) in [5, 5.41) is 8.48. The monoisotopic (exact) mass is 274 g/mol. The molecule has 0 saturated carbocycles. The molecule has 1 aliphatic rings. The lowest BCUT2D eigenvalue weighted by molar-refractivity contribution is 0.236. The maximum atomic E-state index is 4.83. The molecule has 0 spiro atoms. The highest BCUT2D eigenvalue weighted by molar-refractivity contribution is 5.21. The molecule has 0 atom stereocenters. The molecule has 3 heterocycles. The highest BCUT2D eigenvalue weighted by atomic mass is 15.5. The molecule has 0 amide bonds. The number of fused-ring (bicyclic) bond motifs is 1. The largest absolute Gasteiger partial charge is 0.335 e. The topological polar surface area (TPSA) is 51.8 Å². The van der Waals surface area contributed by atoms with Crippen LogP contribution in [0.25, 0.3) is 0 Å². The molecule has 20 heavy (non-hydrogen) atoms. The van der Waals surface area contributed by atoms with Crippen LogP contribution in [0.3, 0.4) is 0 Å². The third-order valence-corrected chi connectivity index (χ3v) is 3.92. The summed E-state index contributed by atoms with van der Waals surface area (Å²) in [5.74, 6) is 1.66. The smallest absolute Gasteiger partial charge is 0.111 e. The fraction of sp³-hybridized carbons (Fsp3) is 0.643. The number of aryl methyl sites for hydroxylation is 1. The van der Waals surface area contributed by atoms with Gasteiger partial charge in [-0.05, 0) is 0 Å². The lowest BCUT2D eigenvalue weighted by Crippen LogP contribution is -2.31. The lowest BCUT2D eigenvalue weighted by Gasteiger charge is -2.25. The van der Waals surface area contributed by atoms with Crippen molar-refractivity contribution in [1.29, 1.82) is 0 Å². The Morgan fingerprint density at radius 3 is 2.75 bits per heavy atom. The molecule has 0 fully saturated rings. The van der Waals surface area contributed by atoms with Crippen LogP contribution in [0.1, 0.15) is 42.7 Å². The Morgan fingerprint density at radius 1 is 1.30 bits per heavy atom. The summed E-state index contributed by atoms with van der Waals surface area (Å²) in [7, 11) is 3.99. The van der Waals surface area contributed by atoms with Crippen molar-refractivity contribution in [1.82, 2.24) is 29.4 Å². The van der Waals surface area contributed by atoms with Crippen LogP contribution in [0.15, 0.2) is 6.20 Å². The average molecular weight is 274 g/mol. The van der Waals surface area contributed by atoms with Crippen LogP contribution >= 0.6 is 0 Å². The van der Waals surface area contributed by atoms with Crippen molar-refractivity contribution in [2.75, 3.05) is 6.54 Å². The van der Waals surface area contributed by atoms with Crippen molar-refractivity contribution in [3.05, 3.63) is 29.1 Å². The molecule has 2 aromatic rings. The molecule has 1 aliphatic heterocycles. The van der Waals surface area contributed by atoms with Gasteiger partial charge in [0.15, 0.2) is 0 Å². The minimum atomic E-state index is 0.471. The second kappa shape index (κ2) is 5.01. The van der Waals surface area contributed by atoms with E-state index < -0.39 is 0 Å². The molecular formula is C14H22N6. The minimum absolute atomic E-state index is 0.471. The van der Waals surface area contributed by atoms with Gasteiger partial charge in [-0.15, -0.1) is 0 Å². The summed E-state index contributed by atoms with van der Waals surface area (Å²) in [6, 6.07) is 0. The van der Waals surface area contributed by atoms with Gasteiger partial charge >= 0.3 is 0 Å². The van der Waals surface area contributed by atoms with Crippen molar-refractivity contribution in [2.45, 2.75) is 39.3 Å². The highest BCUT2D eigenvalue weighted by Gasteiger charge is 2.23. The molecule has 108 valence electrons. The summed E-state index contributed by atoms with van der Waals surface area (Å²) in [4.78, 5) is 8.83. The SMILES string of the molecule is CC(C)c1nc2c(n1C)CCN(Cc1cnn(C)n1)C2. The van der Waals surface area contributed by atoms with Gasteiger partial charge in [0.05, 0.1) is 17.6 Å². The first-order valence-electron chi connectivity index (χ1n) is 7.16. The summed E-state index contributed by atoms with van der Waals surface area (Å²) >= 11 is 0. The molecule has 0 aliphatic carbocycles. The van der Waals surface area contributed by atoms with Crippen LogP contribution in [0.4, 0.5) is 0 Å². The van der Waals surface area contributed by atoms with E-state index in [1.54, 1.807) is 4.80 Å². The van der Waals surface area contributed by atoms with Crippen LogP contribution in [-0.2, 0) is 33.6 Å². The number of aromatic nitrogens is 5. The first kappa shape index (κ1) is 13.3. The maximum Gasteiger partial charge on any atom is 0.111 e. The highest BCUT2D eigenvalue weighted by Crippen LogP contribution is 2.23. The van der Waals surface area contributed by atoms with E-state index in [4.69, 9.17) is 4.98 Å². The predicted octanol–water partition coefficient (Wildman–Crippen LogP) is 1.23. The Labute approximate surface area is 119 Å². The number of nitrogens with zero attached hydrogens (tertiary/aromatic N) is 6. The van der Waals surface area contributed by atoms with Crippen molar-refractivity contribution in [3.8, 4) is 0 Å². The van der Waals surface area contributed by atoms with Crippen LogP contribution in [0, 0.1) is 0 Å². The first-order chi connectivity index (χ1) is 9.54. The molecule has 0 bridgehead atoms. The molecule has 6 nitrogen and oxygen atoms in total. The summed E-state index contributed by atoms with van der Waals surface area (Å²) in [5.41, 5.74) is 3.64. The Morgan fingerprint density at radius 2 is 2.10 bits per heavy atom. The summed E-state index contributed by atoms with van der Waals surface area (Å²) in [6.07, 6.45) is 2.90. The predicted molar refractivity (Wildman–Crippen MR) is 76.1 cm³/mol. The van der Waals surface area contributed by atoms with E-state index in [1.165, 1.54) is 17.2 Å². The van der Waals surface area contributed by atoms with E-state index in [2.05, 4.69) is 40.6 Å². The summed E-state index contributed by atoms with van der Waals surface area (Å²) < 4.78 is 2.28. The molecule has 2 aromatic heterocycles. The van der Waals surface area contributed by atoms with Crippen LogP contribution in [-0.4, -0.2) is 36.0 Å². The van der Waals surface area contributed by atoms with Crippen LogP contribution < -0.4 is 0 Å². The van der Waals surface area contributed by atoms with Gasteiger partial charge < -0.3 is 4.57 Å². The second-order valence-electron chi connectivity index (χ2n) is 5.86. The standard InChI is InChI=1S/C14H22N6/c1-10(2)14-16-12-9-20(6-5-13(12)18(14)3)8-11-7-15-19(4)17-11/h7,10H,5-6,8-9H2,1-4H3. The fourth-order valence-electron chi connectivity index (χ4n) is 2.94. The van der Waals surface area contributed by atoms with Gasteiger partial charge in [-0.2, -0.15) is 15.0 Å². The first-order valence-corrected chi connectivity index (χ1v) is 7.16. The molecule has 0 unspecified atom stereocenters. The fourth-order valence-corrected chi connectivity index (χ4v) is 2.94. The van der Waals surface area contributed by atoms with Crippen molar-refractivity contribution in [3.63, 3.8) is 0 Å². The van der Waals surface area contributed by atoms with Gasteiger partial charge in [-0.3, -0.25) is 4.90 Å². The van der Waals surface area contributed by atoms with Gasteiger partial charge in [0.25, 0.3) is 0 Å². The van der Waals surface area contributed by atoms with E-state index in [-0.39, 0.29) is 0 Å². The number of imidazole rings is 1.